The molecule has 0 amide bonds. The maximum Gasteiger partial charge on any atom is 0.137 e. The van der Waals surface area contributed by atoms with Gasteiger partial charge in [-0.05, 0) is 48.2 Å². The molecule has 0 atom stereocenters. The van der Waals surface area contributed by atoms with E-state index in [0.717, 1.165) is 16.9 Å². The molecule has 0 aliphatic heterocycles. The van der Waals surface area contributed by atoms with E-state index < -0.39 is 0 Å². The normalized spacial score (nSPS) is 10.6. The quantitative estimate of drug-likeness (QED) is 0.837. The first kappa shape index (κ1) is 14.5. The van der Waals surface area contributed by atoms with Crippen LogP contribution >= 0.6 is 12.2 Å². The van der Waals surface area contributed by atoms with Gasteiger partial charge in [-0.1, -0.05) is 44.3 Å². The minimum atomic E-state index is 0.347. The zero-order chi connectivity index (χ0) is 14.7. The van der Waals surface area contributed by atoms with Crippen LogP contribution in [0.5, 0.6) is 11.5 Å². The molecule has 0 aliphatic carbocycles. The van der Waals surface area contributed by atoms with Gasteiger partial charge in [0.15, 0.2) is 0 Å². The predicted octanol–water partition coefficient (Wildman–Crippen LogP) is 4.54. The van der Waals surface area contributed by atoms with Crippen molar-refractivity contribution in [2.24, 2.45) is 5.73 Å². The lowest BCUT2D eigenvalue weighted by Crippen LogP contribution is -2.10. The highest BCUT2D eigenvalue weighted by molar-refractivity contribution is 7.80. The fourth-order valence-electron chi connectivity index (χ4n) is 1.98. The van der Waals surface area contributed by atoms with E-state index >= 15 is 0 Å². The van der Waals surface area contributed by atoms with Gasteiger partial charge < -0.3 is 10.5 Å². The number of ether oxygens (including phenoxy) is 1. The van der Waals surface area contributed by atoms with Crippen LogP contribution in [0.15, 0.2) is 42.5 Å². The summed E-state index contributed by atoms with van der Waals surface area (Å²) in [6.45, 7) is 6.33. The Labute approximate surface area is 125 Å². The van der Waals surface area contributed by atoms with Crippen molar-refractivity contribution in [3.8, 4) is 11.5 Å². The lowest BCUT2D eigenvalue weighted by Gasteiger charge is -2.13. The van der Waals surface area contributed by atoms with Gasteiger partial charge in [-0.2, -0.15) is 0 Å². The second kappa shape index (κ2) is 6.06. The highest BCUT2D eigenvalue weighted by Crippen LogP contribution is 2.28. The largest absolute Gasteiger partial charge is 0.457 e. The first-order chi connectivity index (χ1) is 9.47. The van der Waals surface area contributed by atoms with E-state index in [-0.39, 0.29) is 0 Å². The molecule has 0 aromatic heterocycles. The first-order valence-electron chi connectivity index (χ1n) is 6.65. The van der Waals surface area contributed by atoms with Gasteiger partial charge in [-0.3, -0.25) is 0 Å². The summed E-state index contributed by atoms with van der Waals surface area (Å²) in [6, 6.07) is 13.9. The van der Waals surface area contributed by atoms with Crippen LogP contribution in [0.3, 0.4) is 0 Å². The molecule has 0 fully saturated rings. The average molecular weight is 285 g/mol. The Morgan fingerprint density at radius 2 is 1.90 bits per heavy atom. The minimum Gasteiger partial charge on any atom is -0.457 e. The summed E-state index contributed by atoms with van der Waals surface area (Å²) in [7, 11) is 0. The number of hydrogen-bond donors (Lipinski definition) is 1. The first-order valence-corrected chi connectivity index (χ1v) is 7.06. The van der Waals surface area contributed by atoms with Crippen molar-refractivity contribution in [1.82, 2.24) is 0 Å². The van der Waals surface area contributed by atoms with Gasteiger partial charge in [0.05, 0.1) is 5.56 Å². The van der Waals surface area contributed by atoms with Crippen molar-refractivity contribution in [2.75, 3.05) is 0 Å². The van der Waals surface area contributed by atoms with Gasteiger partial charge in [0.1, 0.15) is 16.5 Å². The van der Waals surface area contributed by atoms with Gasteiger partial charge in [-0.25, -0.2) is 0 Å². The molecule has 2 N–H and O–H groups in total. The summed E-state index contributed by atoms with van der Waals surface area (Å²) >= 11 is 5.07. The van der Waals surface area contributed by atoms with Crippen LogP contribution in [-0.4, -0.2) is 4.99 Å². The zero-order valence-electron chi connectivity index (χ0n) is 12.0. The van der Waals surface area contributed by atoms with Crippen molar-refractivity contribution in [2.45, 2.75) is 26.7 Å². The van der Waals surface area contributed by atoms with Crippen LogP contribution in [0.2, 0.25) is 0 Å². The molecule has 0 radical (unpaired) electrons. The van der Waals surface area contributed by atoms with Crippen molar-refractivity contribution in [3.05, 3.63) is 59.2 Å². The maximum absolute atomic E-state index is 5.97. The summed E-state index contributed by atoms with van der Waals surface area (Å²) < 4.78 is 5.97. The molecule has 2 aromatic rings. The third-order valence-electron chi connectivity index (χ3n) is 3.16. The standard InChI is InChI=1S/C17H19NOS/c1-11(2)13-5-4-6-14(10-13)19-16-9-12(3)7-8-15(16)17(18)20/h4-11H,1-3H3,(H2,18,20). The Morgan fingerprint density at radius 1 is 1.15 bits per heavy atom. The Hall–Kier alpha value is -1.87. The van der Waals surface area contributed by atoms with E-state index in [1.54, 1.807) is 0 Å². The van der Waals surface area contributed by atoms with Gasteiger partial charge in [0.2, 0.25) is 0 Å². The summed E-state index contributed by atoms with van der Waals surface area (Å²) in [5.41, 5.74) is 8.87. The smallest absolute Gasteiger partial charge is 0.137 e. The summed E-state index contributed by atoms with van der Waals surface area (Å²) in [6.07, 6.45) is 0. The Morgan fingerprint density at radius 3 is 2.55 bits per heavy atom. The molecule has 0 aliphatic rings. The third kappa shape index (κ3) is 3.36. The van der Waals surface area contributed by atoms with E-state index in [2.05, 4.69) is 26.0 Å². The Kier molecular flexibility index (Phi) is 4.40. The monoisotopic (exact) mass is 285 g/mol. The molecule has 3 heteroatoms. The molecular weight excluding hydrogens is 266 g/mol. The van der Waals surface area contributed by atoms with E-state index in [1.807, 2.05) is 37.3 Å². The fourth-order valence-corrected chi connectivity index (χ4v) is 2.15. The topological polar surface area (TPSA) is 35.2 Å². The van der Waals surface area contributed by atoms with Crippen molar-refractivity contribution < 1.29 is 4.74 Å². The molecule has 2 rings (SSSR count). The molecular formula is C17H19NOS. The van der Waals surface area contributed by atoms with Crippen LogP contribution in [-0.2, 0) is 0 Å². The average Bonchev–Trinajstić information content (AvgIpc) is 2.38. The van der Waals surface area contributed by atoms with E-state index in [0.29, 0.717) is 16.7 Å². The van der Waals surface area contributed by atoms with Crippen molar-refractivity contribution >= 4 is 17.2 Å². The Balaban J connectivity index is 2.36. The fraction of sp³-hybridized carbons (Fsp3) is 0.235. The van der Waals surface area contributed by atoms with Crippen LogP contribution in [0.4, 0.5) is 0 Å². The maximum atomic E-state index is 5.97. The highest BCUT2D eigenvalue weighted by Gasteiger charge is 2.09. The molecule has 104 valence electrons. The number of nitrogens with two attached hydrogens (primary N) is 1. The SMILES string of the molecule is Cc1ccc(C(N)=S)c(Oc2cccc(C(C)C)c2)c1. The van der Waals surface area contributed by atoms with E-state index in [1.165, 1.54) is 5.56 Å². The number of benzene rings is 2. The second-order valence-electron chi connectivity index (χ2n) is 5.19. The molecule has 0 saturated carbocycles. The number of thiocarbonyl (C=S) groups is 1. The predicted molar refractivity (Wildman–Crippen MR) is 87.7 cm³/mol. The number of hydrogen-bond acceptors (Lipinski definition) is 2. The van der Waals surface area contributed by atoms with E-state index in [4.69, 9.17) is 22.7 Å². The molecule has 0 spiro atoms. The van der Waals surface area contributed by atoms with Crippen LogP contribution < -0.4 is 10.5 Å². The summed E-state index contributed by atoms with van der Waals surface area (Å²) in [4.78, 5) is 0.347. The molecule has 0 heterocycles. The summed E-state index contributed by atoms with van der Waals surface area (Å²) in [5, 5.41) is 0. The third-order valence-corrected chi connectivity index (χ3v) is 3.38. The van der Waals surface area contributed by atoms with Gasteiger partial charge >= 0.3 is 0 Å². The molecule has 20 heavy (non-hydrogen) atoms. The summed E-state index contributed by atoms with van der Waals surface area (Å²) in [5.74, 6) is 1.98. The molecule has 0 saturated heterocycles. The van der Waals surface area contributed by atoms with Crippen molar-refractivity contribution in [3.63, 3.8) is 0 Å². The zero-order valence-corrected chi connectivity index (χ0v) is 12.8. The number of rotatable bonds is 4. The van der Waals surface area contributed by atoms with Gasteiger partial charge in [0, 0.05) is 0 Å². The minimum absolute atomic E-state index is 0.347. The van der Waals surface area contributed by atoms with E-state index in [9.17, 15) is 0 Å². The van der Waals surface area contributed by atoms with Gasteiger partial charge in [-0.15, -0.1) is 0 Å². The van der Waals surface area contributed by atoms with Gasteiger partial charge in [0.25, 0.3) is 0 Å². The number of aryl methyl sites for hydroxylation is 1. The Bertz CT molecular complexity index is 635. The second-order valence-corrected chi connectivity index (χ2v) is 5.63. The molecule has 2 aromatic carbocycles. The lowest BCUT2D eigenvalue weighted by molar-refractivity contribution is 0.480. The lowest BCUT2D eigenvalue weighted by atomic mass is 10.0. The highest BCUT2D eigenvalue weighted by atomic mass is 32.1. The van der Waals surface area contributed by atoms with Crippen molar-refractivity contribution in [1.29, 1.82) is 0 Å². The van der Waals surface area contributed by atoms with Crippen LogP contribution in [0.1, 0.15) is 36.5 Å². The molecule has 0 unspecified atom stereocenters. The molecule has 0 bridgehead atoms. The molecule has 2 nitrogen and oxygen atoms in total. The van der Waals surface area contributed by atoms with Crippen LogP contribution in [0, 0.1) is 6.92 Å². The van der Waals surface area contributed by atoms with Crippen LogP contribution in [0.25, 0.3) is 0 Å².